The van der Waals surface area contributed by atoms with Crippen molar-refractivity contribution in [2.45, 2.75) is 0 Å². The standard InChI is InChI=1S/C3H5.H4O4Si.Zn/c1-3-2;1-5(2,3)4;/h3H,1-2H2;1-4H;/q-1;;. The monoisotopic (exact) mass is 201 g/mol. The molecular formula is C3H9O4SiZn-. The van der Waals surface area contributed by atoms with E-state index < -0.39 is 9.05 Å². The largest absolute Gasteiger partial charge is 0.668 e. The van der Waals surface area contributed by atoms with Crippen LogP contribution in [0.5, 0.6) is 0 Å². The molecule has 52 valence electrons. The van der Waals surface area contributed by atoms with Gasteiger partial charge in [-0.05, 0) is 0 Å². The summed E-state index contributed by atoms with van der Waals surface area (Å²) in [4.78, 5) is 29.3. The molecule has 0 aromatic heterocycles. The van der Waals surface area contributed by atoms with Gasteiger partial charge in [0.15, 0.2) is 0 Å². The SMILES string of the molecule is C=C[CH2-].O[Si](O)(O)O.[Zn]. The minimum Gasteiger partial charge on any atom is -0.368 e. The second kappa shape index (κ2) is 8.29. The first-order valence-electron chi connectivity index (χ1n) is 1.71. The Balaban J connectivity index is -0.0000000800. The van der Waals surface area contributed by atoms with Crippen molar-refractivity contribution in [3.8, 4) is 0 Å². The first kappa shape index (κ1) is 16.1. The molecule has 9 heavy (non-hydrogen) atoms. The third-order valence-corrected chi connectivity index (χ3v) is 0. The molecule has 0 amide bonds. The zero-order valence-corrected chi connectivity index (χ0v) is 8.95. The van der Waals surface area contributed by atoms with Crippen molar-refractivity contribution in [1.82, 2.24) is 0 Å². The van der Waals surface area contributed by atoms with Crippen molar-refractivity contribution < 1.29 is 38.7 Å². The summed E-state index contributed by atoms with van der Waals surface area (Å²) in [5, 5.41) is 0. The van der Waals surface area contributed by atoms with Crippen LogP contribution in [0.1, 0.15) is 0 Å². The van der Waals surface area contributed by atoms with Gasteiger partial charge in [0.25, 0.3) is 0 Å². The molecule has 0 aromatic rings. The van der Waals surface area contributed by atoms with E-state index in [0.717, 1.165) is 0 Å². The fourth-order valence-electron chi connectivity index (χ4n) is 0. The van der Waals surface area contributed by atoms with E-state index in [0.29, 0.717) is 0 Å². The van der Waals surface area contributed by atoms with Crippen LogP contribution in [0.15, 0.2) is 12.7 Å². The zero-order chi connectivity index (χ0) is 7.21. The average molecular weight is 203 g/mol. The Bertz CT molecular complexity index is 55.3. The minimum absolute atomic E-state index is 0. The van der Waals surface area contributed by atoms with Gasteiger partial charge in [0.05, 0.1) is 0 Å². The maximum absolute atomic E-state index is 7.33. The topological polar surface area (TPSA) is 80.9 Å². The van der Waals surface area contributed by atoms with E-state index >= 15 is 0 Å². The first-order chi connectivity index (χ1) is 3.41. The van der Waals surface area contributed by atoms with Gasteiger partial charge in [-0.3, -0.25) is 0 Å². The summed E-state index contributed by atoms with van der Waals surface area (Å²) in [6, 6.07) is 0. The molecular weight excluding hydrogens is 194 g/mol. The van der Waals surface area contributed by atoms with Crippen molar-refractivity contribution in [1.29, 1.82) is 0 Å². The Morgan fingerprint density at radius 1 is 1.22 bits per heavy atom. The Morgan fingerprint density at radius 3 is 1.22 bits per heavy atom. The molecule has 4 nitrogen and oxygen atoms in total. The van der Waals surface area contributed by atoms with E-state index in [2.05, 4.69) is 13.5 Å². The van der Waals surface area contributed by atoms with Crippen LogP contribution in [0, 0.1) is 6.92 Å². The van der Waals surface area contributed by atoms with Gasteiger partial charge < -0.3 is 19.2 Å². The third-order valence-electron chi connectivity index (χ3n) is 0. The van der Waals surface area contributed by atoms with Crippen LogP contribution in [0.2, 0.25) is 0 Å². The second-order valence-electron chi connectivity index (χ2n) is 0.889. The Morgan fingerprint density at radius 2 is 1.22 bits per heavy atom. The normalized spacial score (nSPS) is 8.00. The number of allylic oxidation sites excluding steroid dienone is 1. The average Bonchev–Trinajstić information content (AvgIpc) is 1.27. The molecule has 0 rings (SSSR count). The fourth-order valence-corrected chi connectivity index (χ4v) is 0. The molecule has 0 spiro atoms. The van der Waals surface area contributed by atoms with Crippen LogP contribution in [0.25, 0.3) is 0 Å². The Kier molecular flexibility index (Phi) is 14.9. The second-order valence-corrected chi connectivity index (χ2v) is 2.09. The quantitative estimate of drug-likeness (QED) is 0.282. The van der Waals surface area contributed by atoms with E-state index in [1.54, 1.807) is 0 Å². The van der Waals surface area contributed by atoms with Crippen molar-refractivity contribution >= 4 is 9.05 Å². The van der Waals surface area contributed by atoms with Crippen LogP contribution in [-0.4, -0.2) is 28.2 Å². The van der Waals surface area contributed by atoms with Crippen LogP contribution in [0.4, 0.5) is 0 Å². The van der Waals surface area contributed by atoms with E-state index in [-0.39, 0.29) is 19.5 Å². The van der Waals surface area contributed by atoms with Gasteiger partial charge in [-0.1, -0.05) is 0 Å². The van der Waals surface area contributed by atoms with Crippen molar-refractivity contribution in [2.75, 3.05) is 0 Å². The van der Waals surface area contributed by atoms with Gasteiger partial charge in [-0.25, -0.2) is 19.6 Å². The van der Waals surface area contributed by atoms with E-state index in [4.69, 9.17) is 19.2 Å². The molecule has 0 saturated carbocycles. The van der Waals surface area contributed by atoms with Gasteiger partial charge in [-0.2, -0.15) is 0 Å². The summed E-state index contributed by atoms with van der Waals surface area (Å²) >= 11 is 0. The summed E-state index contributed by atoms with van der Waals surface area (Å²) in [6.07, 6.45) is 1.50. The fraction of sp³-hybridized carbons (Fsp3) is 0. The van der Waals surface area contributed by atoms with E-state index in [1.165, 1.54) is 6.08 Å². The van der Waals surface area contributed by atoms with Crippen LogP contribution in [0.3, 0.4) is 0 Å². The number of rotatable bonds is 0. The molecule has 0 radical (unpaired) electrons. The molecule has 0 aliphatic heterocycles. The van der Waals surface area contributed by atoms with Crippen LogP contribution in [-0.2, 0) is 19.5 Å². The predicted octanol–water partition coefficient (Wildman–Crippen LogP) is -1.60. The van der Waals surface area contributed by atoms with Crippen molar-refractivity contribution in [3.05, 3.63) is 19.6 Å². The summed E-state index contributed by atoms with van der Waals surface area (Å²) in [6.45, 7) is 6.50. The molecule has 0 aliphatic carbocycles. The van der Waals surface area contributed by atoms with E-state index in [1.807, 2.05) is 0 Å². The molecule has 0 unspecified atom stereocenters. The predicted molar refractivity (Wildman–Crippen MR) is 30.2 cm³/mol. The smallest absolute Gasteiger partial charge is 0.368 e. The summed E-state index contributed by atoms with van der Waals surface area (Å²) < 4.78 is 0. The van der Waals surface area contributed by atoms with Crippen LogP contribution < -0.4 is 0 Å². The minimum atomic E-state index is -4.61. The van der Waals surface area contributed by atoms with Crippen LogP contribution >= 0.6 is 0 Å². The molecule has 0 bridgehead atoms. The molecule has 0 heterocycles. The zero-order valence-electron chi connectivity index (χ0n) is 4.99. The summed E-state index contributed by atoms with van der Waals surface area (Å²) in [7, 11) is -4.61. The summed E-state index contributed by atoms with van der Waals surface area (Å²) in [5.41, 5.74) is 0. The van der Waals surface area contributed by atoms with Crippen molar-refractivity contribution in [2.24, 2.45) is 0 Å². The maximum atomic E-state index is 7.33. The molecule has 0 atom stereocenters. The Hall–Kier alpha value is 0.290. The van der Waals surface area contributed by atoms with Gasteiger partial charge in [0.1, 0.15) is 0 Å². The third kappa shape index (κ3) is 3890. The van der Waals surface area contributed by atoms with Gasteiger partial charge in [-0.15, -0.1) is 0 Å². The molecule has 0 aromatic carbocycles. The molecule has 0 fully saturated rings. The number of hydrogen-bond acceptors (Lipinski definition) is 4. The molecule has 0 aliphatic rings. The molecule has 0 saturated heterocycles. The molecule has 6 heteroatoms. The van der Waals surface area contributed by atoms with Crippen molar-refractivity contribution in [3.63, 3.8) is 0 Å². The van der Waals surface area contributed by atoms with Gasteiger partial charge in [0, 0.05) is 19.5 Å². The van der Waals surface area contributed by atoms with Gasteiger partial charge >= 0.3 is 9.05 Å². The summed E-state index contributed by atoms with van der Waals surface area (Å²) in [5.74, 6) is 0. The van der Waals surface area contributed by atoms with Gasteiger partial charge in [0.2, 0.25) is 0 Å². The maximum Gasteiger partial charge on any atom is 0.668 e. The Labute approximate surface area is 67.7 Å². The number of hydrogen-bond donors (Lipinski definition) is 4. The van der Waals surface area contributed by atoms with E-state index in [9.17, 15) is 0 Å². The molecule has 4 N–H and O–H groups in total. The first-order valence-corrected chi connectivity index (χ1v) is 3.50.